The quantitative estimate of drug-likeness (QED) is 0.173. The minimum atomic E-state index is -1.11. The number of hydrogen-bond acceptors (Lipinski definition) is 6. The lowest BCUT2D eigenvalue weighted by Crippen LogP contribution is -2.38. The van der Waals surface area contributed by atoms with Gasteiger partial charge in [-0.05, 0) is 67.6 Å². The maximum atomic E-state index is 13.6. The zero-order valence-electron chi connectivity index (χ0n) is 27.1. The predicted octanol–water partition coefficient (Wildman–Crippen LogP) is 7.97. The number of rotatable bonds is 10. The highest BCUT2D eigenvalue weighted by molar-refractivity contribution is 6.43. The molecule has 3 amide bonds. The number of carbonyl (C=O) groups excluding carboxylic acids is 3. The number of amides is 3. The van der Waals surface area contributed by atoms with Crippen molar-refractivity contribution in [1.82, 2.24) is 15.1 Å². The van der Waals surface area contributed by atoms with Gasteiger partial charge in [0.2, 0.25) is 0 Å². The molecule has 1 aliphatic heterocycles. The van der Waals surface area contributed by atoms with Crippen molar-refractivity contribution in [2.45, 2.75) is 65.0 Å². The molecule has 3 aromatic carbocycles. The second kappa shape index (κ2) is 14.4. The molecular formula is C35H35Cl3N6O4. The van der Waals surface area contributed by atoms with Crippen LogP contribution in [0.2, 0.25) is 15.1 Å². The Hall–Kier alpha value is -4.38. The van der Waals surface area contributed by atoms with Gasteiger partial charge in [-0.25, -0.2) is 0 Å². The number of ether oxygens (including phenoxy) is 1. The van der Waals surface area contributed by atoms with Crippen molar-refractivity contribution in [3.8, 4) is 5.75 Å². The summed E-state index contributed by atoms with van der Waals surface area (Å²) < 4.78 is 7.65. The Morgan fingerprint density at radius 1 is 1.00 bits per heavy atom. The maximum Gasteiger partial charge on any atom is 0.280 e. The van der Waals surface area contributed by atoms with E-state index in [1.807, 2.05) is 26.0 Å². The lowest BCUT2D eigenvalue weighted by molar-refractivity contribution is -0.123. The van der Waals surface area contributed by atoms with Gasteiger partial charge in [-0.15, -0.1) is 5.10 Å². The van der Waals surface area contributed by atoms with Gasteiger partial charge in [-0.3, -0.25) is 19.1 Å². The van der Waals surface area contributed by atoms with Gasteiger partial charge in [0.05, 0.1) is 10.0 Å². The molecule has 4 aromatic rings. The Kier molecular flexibility index (Phi) is 10.5. The van der Waals surface area contributed by atoms with Crippen LogP contribution in [0.3, 0.4) is 0 Å². The van der Waals surface area contributed by atoms with Crippen molar-refractivity contribution in [3.63, 3.8) is 0 Å². The maximum absolute atomic E-state index is 13.6. The Morgan fingerprint density at radius 3 is 2.38 bits per heavy atom. The van der Waals surface area contributed by atoms with Crippen LogP contribution in [0.25, 0.3) is 0 Å². The van der Waals surface area contributed by atoms with E-state index in [0.717, 1.165) is 22.6 Å². The zero-order valence-corrected chi connectivity index (χ0v) is 29.3. The molecule has 5 rings (SSSR count). The Morgan fingerprint density at radius 2 is 1.73 bits per heavy atom. The van der Waals surface area contributed by atoms with E-state index in [2.05, 4.69) is 47.7 Å². The first-order valence-electron chi connectivity index (χ1n) is 15.4. The number of amidine groups is 1. The van der Waals surface area contributed by atoms with Crippen LogP contribution in [-0.4, -0.2) is 39.4 Å². The molecule has 0 fully saturated rings. The van der Waals surface area contributed by atoms with Crippen LogP contribution in [-0.2, 0) is 15.0 Å². The van der Waals surface area contributed by atoms with Crippen molar-refractivity contribution in [2.75, 3.05) is 10.3 Å². The molecule has 2 heterocycles. The molecule has 2 N–H and O–H groups in total. The SMILES string of the molecule is CCC(Oc1ccc(C)cc1C(C)(C)CC)C(=O)Nc1cccc(C(=O)NC2=NN(c3c(Cl)cc(Cl)cc3Cl)C(=O)C2n2cccn2)c1. The third kappa shape index (κ3) is 7.36. The fourth-order valence-corrected chi connectivity index (χ4v) is 6.17. The molecule has 250 valence electrons. The van der Waals surface area contributed by atoms with Gasteiger partial charge in [-0.2, -0.15) is 10.1 Å². The number of anilines is 2. The largest absolute Gasteiger partial charge is 0.480 e. The number of hydrazone groups is 1. The predicted molar refractivity (Wildman–Crippen MR) is 189 cm³/mol. The molecule has 0 bridgehead atoms. The van der Waals surface area contributed by atoms with Crippen LogP contribution in [0.4, 0.5) is 11.4 Å². The first-order chi connectivity index (χ1) is 22.8. The molecule has 1 aromatic heterocycles. The zero-order chi connectivity index (χ0) is 34.7. The van der Waals surface area contributed by atoms with Gasteiger partial charge in [0.1, 0.15) is 11.4 Å². The molecular weight excluding hydrogens is 675 g/mol. The highest BCUT2D eigenvalue weighted by Crippen LogP contribution is 2.40. The summed E-state index contributed by atoms with van der Waals surface area (Å²) in [5.41, 5.74) is 2.72. The number of halogens is 3. The molecule has 0 radical (unpaired) electrons. The first kappa shape index (κ1) is 34.9. The van der Waals surface area contributed by atoms with Crippen molar-refractivity contribution >= 4 is 69.7 Å². The standard InChI is InChI=1S/C35H35Cl3N6O4/c1-6-27(48-28-13-12-20(3)16-24(28)35(4,5)7-2)33(46)40-23-11-8-10-21(17-23)32(45)41-31-30(43-15-9-14-39-43)34(47)44(42-31)29-25(37)18-22(36)19-26(29)38/h8-19,27,30H,6-7H2,1-5H3,(H,40,46)(H,41,42,45). The fourth-order valence-electron chi connectivity index (χ4n) is 5.20. The minimum Gasteiger partial charge on any atom is -0.480 e. The number of nitrogens with one attached hydrogen (secondary N) is 2. The average molecular weight is 710 g/mol. The second-order valence-corrected chi connectivity index (χ2v) is 13.3. The highest BCUT2D eigenvalue weighted by atomic mass is 35.5. The van der Waals surface area contributed by atoms with E-state index in [1.165, 1.54) is 29.1 Å². The summed E-state index contributed by atoms with van der Waals surface area (Å²) in [5.74, 6) is -0.817. The molecule has 0 saturated heterocycles. The van der Waals surface area contributed by atoms with Gasteiger partial charge in [-0.1, -0.05) is 86.3 Å². The topological polar surface area (TPSA) is 118 Å². The molecule has 10 nitrogen and oxygen atoms in total. The number of nitrogens with zero attached hydrogens (tertiary/aromatic N) is 4. The number of benzene rings is 3. The number of aromatic nitrogens is 2. The van der Waals surface area contributed by atoms with E-state index in [1.54, 1.807) is 30.5 Å². The lowest BCUT2D eigenvalue weighted by atomic mass is 9.81. The molecule has 0 saturated carbocycles. The summed E-state index contributed by atoms with van der Waals surface area (Å²) >= 11 is 18.9. The lowest BCUT2D eigenvalue weighted by Gasteiger charge is -2.28. The van der Waals surface area contributed by atoms with Gasteiger partial charge >= 0.3 is 0 Å². The van der Waals surface area contributed by atoms with Crippen molar-refractivity contribution in [2.24, 2.45) is 5.10 Å². The molecule has 13 heteroatoms. The Balaban J connectivity index is 1.36. The second-order valence-electron chi connectivity index (χ2n) is 12.0. The molecule has 0 aliphatic carbocycles. The highest BCUT2D eigenvalue weighted by Gasteiger charge is 2.41. The van der Waals surface area contributed by atoms with Crippen LogP contribution >= 0.6 is 34.8 Å². The van der Waals surface area contributed by atoms with Gasteiger partial charge < -0.3 is 15.4 Å². The van der Waals surface area contributed by atoms with Gasteiger partial charge in [0.15, 0.2) is 18.0 Å². The van der Waals surface area contributed by atoms with Crippen molar-refractivity contribution in [1.29, 1.82) is 0 Å². The van der Waals surface area contributed by atoms with E-state index in [4.69, 9.17) is 39.5 Å². The number of aryl methyl sites for hydroxylation is 1. The summed E-state index contributed by atoms with van der Waals surface area (Å²) in [7, 11) is 0. The van der Waals surface area contributed by atoms with E-state index >= 15 is 0 Å². The molecule has 0 spiro atoms. The van der Waals surface area contributed by atoms with Crippen LogP contribution in [0.15, 0.2) is 78.2 Å². The van der Waals surface area contributed by atoms with Crippen molar-refractivity contribution in [3.05, 3.63) is 105 Å². The number of carbonyl (C=O) groups is 3. The van der Waals surface area contributed by atoms with Crippen LogP contribution in [0.5, 0.6) is 5.75 Å². The molecule has 1 aliphatic rings. The monoisotopic (exact) mass is 708 g/mol. The molecule has 48 heavy (non-hydrogen) atoms. The third-order valence-corrected chi connectivity index (χ3v) is 9.00. The summed E-state index contributed by atoms with van der Waals surface area (Å²) in [5, 5.41) is 15.7. The Labute approximate surface area is 294 Å². The van der Waals surface area contributed by atoms with Crippen LogP contribution in [0.1, 0.15) is 68.1 Å². The summed E-state index contributed by atoms with van der Waals surface area (Å²) in [6.45, 7) is 10.3. The molecule has 2 unspecified atom stereocenters. The van der Waals surface area contributed by atoms with Crippen molar-refractivity contribution < 1.29 is 19.1 Å². The minimum absolute atomic E-state index is 0.00595. The van der Waals surface area contributed by atoms with Gasteiger partial charge in [0, 0.05) is 34.2 Å². The van der Waals surface area contributed by atoms with E-state index in [0.29, 0.717) is 17.9 Å². The third-order valence-electron chi connectivity index (χ3n) is 8.21. The fraction of sp³-hybridized carbons (Fsp3) is 0.286. The van der Waals surface area contributed by atoms with Crippen LogP contribution in [0, 0.1) is 6.92 Å². The van der Waals surface area contributed by atoms with E-state index in [-0.39, 0.29) is 43.5 Å². The first-order valence-corrected chi connectivity index (χ1v) is 16.5. The summed E-state index contributed by atoms with van der Waals surface area (Å²) in [6.07, 6.45) is 3.62. The smallest absolute Gasteiger partial charge is 0.280 e. The van der Waals surface area contributed by atoms with Gasteiger partial charge in [0.25, 0.3) is 17.7 Å². The van der Waals surface area contributed by atoms with E-state index < -0.39 is 24.0 Å². The average Bonchev–Trinajstić information content (AvgIpc) is 3.67. The number of hydrogen-bond donors (Lipinski definition) is 2. The Bertz CT molecular complexity index is 1870. The van der Waals surface area contributed by atoms with Crippen LogP contribution < -0.4 is 20.4 Å². The van der Waals surface area contributed by atoms with E-state index in [9.17, 15) is 14.4 Å². The summed E-state index contributed by atoms with van der Waals surface area (Å²) in [4.78, 5) is 40.6. The molecule has 2 atom stereocenters. The normalized spacial score (nSPS) is 15.2. The summed E-state index contributed by atoms with van der Waals surface area (Å²) in [6, 6.07) is 15.8.